The first-order valence-electron chi connectivity index (χ1n) is 6.50. The van der Waals surface area contributed by atoms with E-state index in [1.54, 1.807) is 6.07 Å². The number of nitro benzene ring substituents is 1. The Morgan fingerprint density at radius 3 is 2.63 bits per heavy atom. The van der Waals surface area contributed by atoms with Gasteiger partial charge in [0.25, 0.3) is 5.69 Å². The van der Waals surface area contributed by atoms with Crippen LogP contribution in [0.3, 0.4) is 0 Å². The zero-order valence-corrected chi connectivity index (χ0v) is 11.6. The molecule has 19 heavy (non-hydrogen) atoms. The van der Waals surface area contributed by atoms with Crippen molar-refractivity contribution in [1.29, 1.82) is 0 Å². The smallest absolute Gasteiger partial charge is 0.273 e. The van der Waals surface area contributed by atoms with Crippen molar-refractivity contribution in [1.82, 2.24) is 5.32 Å². The van der Waals surface area contributed by atoms with Crippen molar-refractivity contribution in [2.24, 2.45) is 5.92 Å². The second kappa shape index (κ2) is 5.17. The lowest BCUT2D eigenvalue weighted by Crippen LogP contribution is -2.40. The molecule has 1 fully saturated rings. The third-order valence-electron chi connectivity index (χ3n) is 3.74. The molecule has 1 aromatic rings. The van der Waals surface area contributed by atoms with Gasteiger partial charge in [0.2, 0.25) is 0 Å². The average Bonchev–Trinajstić information content (AvgIpc) is 3.20. The van der Waals surface area contributed by atoms with Gasteiger partial charge in [-0.3, -0.25) is 10.1 Å². The van der Waals surface area contributed by atoms with Crippen molar-refractivity contribution < 1.29 is 9.66 Å². The minimum Gasteiger partial charge on any atom is -0.496 e. The SMILES string of the molecule is COc1cc(CNC(C)(C)C2CC2)cc([N+](=O)[O-])c1. The monoisotopic (exact) mass is 264 g/mol. The van der Waals surface area contributed by atoms with Gasteiger partial charge in [-0.05, 0) is 44.2 Å². The van der Waals surface area contributed by atoms with Crippen LogP contribution < -0.4 is 10.1 Å². The first-order chi connectivity index (χ1) is 8.92. The first-order valence-corrected chi connectivity index (χ1v) is 6.50. The molecule has 1 aliphatic carbocycles. The largest absolute Gasteiger partial charge is 0.496 e. The van der Waals surface area contributed by atoms with Gasteiger partial charge in [0.1, 0.15) is 5.75 Å². The van der Waals surface area contributed by atoms with E-state index in [-0.39, 0.29) is 11.2 Å². The highest BCUT2D eigenvalue weighted by atomic mass is 16.6. The minimum atomic E-state index is -0.391. The Balaban J connectivity index is 2.10. The van der Waals surface area contributed by atoms with Gasteiger partial charge < -0.3 is 10.1 Å². The lowest BCUT2D eigenvalue weighted by molar-refractivity contribution is -0.385. The molecule has 0 unspecified atom stereocenters. The molecular weight excluding hydrogens is 244 g/mol. The topological polar surface area (TPSA) is 64.4 Å². The maximum absolute atomic E-state index is 10.9. The van der Waals surface area contributed by atoms with Crippen LogP contribution in [0.25, 0.3) is 0 Å². The Labute approximate surface area is 113 Å². The molecule has 0 aromatic heterocycles. The van der Waals surface area contributed by atoms with Crippen LogP contribution in [0.5, 0.6) is 5.75 Å². The molecule has 0 aliphatic heterocycles. The average molecular weight is 264 g/mol. The third kappa shape index (κ3) is 3.44. The highest BCUT2D eigenvalue weighted by Gasteiger charge is 2.37. The molecule has 2 rings (SSSR count). The molecular formula is C14H20N2O3. The zero-order valence-electron chi connectivity index (χ0n) is 11.6. The fourth-order valence-electron chi connectivity index (χ4n) is 2.25. The summed E-state index contributed by atoms with van der Waals surface area (Å²) in [5, 5.41) is 14.3. The van der Waals surface area contributed by atoms with Gasteiger partial charge in [-0.1, -0.05) is 0 Å². The minimum absolute atomic E-state index is 0.0698. The van der Waals surface area contributed by atoms with Crippen molar-refractivity contribution in [3.05, 3.63) is 33.9 Å². The predicted molar refractivity (Wildman–Crippen MR) is 73.3 cm³/mol. The molecule has 0 spiro atoms. The number of ether oxygens (including phenoxy) is 1. The summed E-state index contributed by atoms with van der Waals surface area (Å²) in [5.74, 6) is 1.24. The predicted octanol–water partition coefficient (Wildman–Crippen LogP) is 2.88. The Morgan fingerprint density at radius 1 is 1.42 bits per heavy atom. The number of benzene rings is 1. The summed E-state index contributed by atoms with van der Waals surface area (Å²) in [6.07, 6.45) is 2.52. The number of nitro groups is 1. The molecule has 1 aliphatic rings. The van der Waals surface area contributed by atoms with E-state index in [1.807, 2.05) is 6.07 Å². The van der Waals surface area contributed by atoms with Gasteiger partial charge in [-0.15, -0.1) is 0 Å². The number of non-ortho nitro benzene ring substituents is 1. The highest BCUT2D eigenvalue weighted by Crippen LogP contribution is 2.39. The molecule has 1 N–H and O–H groups in total. The van der Waals surface area contributed by atoms with E-state index in [0.29, 0.717) is 18.2 Å². The van der Waals surface area contributed by atoms with Crippen LogP contribution in [0.1, 0.15) is 32.3 Å². The van der Waals surface area contributed by atoms with Crippen LogP contribution in [-0.4, -0.2) is 17.6 Å². The van der Waals surface area contributed by atoms with E-state index in [0.717, 1.165) is 5.56 Å². The molecule has 1 aromatic carbocycles. The molecule has 104 valence electrons. The van der Waals surface area contributed by atoms with Crippen LogP contribution in [0.2, 0.25) is 0 Å². The van der Waals surface area contributed by atoms with E-state index >= 15 is 0 Å². The number of hydrogen-bond donors (Lipinski definition) is 1. The highest BCUT2D eigenvalue weighted by molar-refractivity contribution is 5.42. The van der Waals surface area contributed by atoms with Crippen molar-refractivity contribution in [2.45, 2.75) is 38.8 Å². The van der Waals surface area contributed by atoms with Crippen molar-refractivity contribution >= 4 is 5.69 Å². The Bertz CT molecular complexity index is 482. The van der Waals surface area contributed by atoms with Crippen molar-refractivity contribution in [2.75, 3.05) is 7.11 Å². The van der Waals surface area contributed by atoms with Crippen LogP contribution in [0.15, 0.2) is 18.2 Å². The Kier molecular flexibility index (Phi) is 3.75. The number of nitrogens with one attached hydrogen (secondary N) is 1. The summed E-state index contributed by atoms with van der Waals surface area (Å²) in [7, 11) is 1.52. The molecule has 0 radical (unpaired) electrons. The molecule has 5 heteroatoms. The van der Waals surface area contributed by atoms with Crippen LogP contribution in [-0.2, 0) is 6.54 Å². The molecule has 0 heterocycles. The molecule has 0 saturated heterocycles. The third-order valence-corrected chi connectivity index (χ3v) is 3.74. The first kappa shape index (κ1) is 13.8. The summed E-state index contributed by atoms with van der Waals surface area (Å²) in [6.45, 7) is 4.97. The van der Waals surface area contributed by atoms with Gasteiger partial charge in [-0.25, -0.2) is 0 Å². The van der Waals surface area contributed by atoms with E-state index in [1.165, 1.54) is 26.0 Å². The van der Waals surface area contributed by atoms with Crippen LogP contribution in [0.4, 0.5) is 5.69 Å². The van der Waals surface area contributed by atoms with Gasteiger partial charge in [0.15, 0.2) is 0 Å². The summed E-state index contributed by atoms with van der Waals surface area (Å²) >= 11 is 0. The maximum Gasteiger partial charge on any atom is 0.273 e. The van der Waals surface area contributed by atoms with E-state index in [9.17, 15) is 10.1 Å². The fraction of sp³-hybridized carbons (Fsp3) is 0.571. The maximum atomic E-state index is 10.9. The number of nitrogens with zero attached hydrogens (tertiary/aromatic N) is 1. The summed E-state index contributed by atoms with van der Waals surface area (Å²) in [6, 6.07) is 4.87. The van der Waals surface area contributed by atoms with E-state index < -0.39 is 4.92 Å². The molecule has 1 saturated carbocycles. The van der Waals surface area contributed by atoms with Crippen molar-refractivity contribution in [3.63, 3.8) is 0 Å². The molecule has 5 nitrogen and oxygen atoms in total. The quantitative estimate of drug-likeness (QED) is 0.634. The second-order valence-electron chi connectivity index (χ2n) is 5.65. The zero-order chi connectivity index (χ0) is 14.0. The summed E-state index contributed by atoms with van der Waals surface area (Å²) < 4.78 is 5.11. The van der Waals surface area contributed by atoms with Gasteiger partial charge in [-0.2, -0.15) is 0 Å². The van der Waals surface area contributed by atoms with Crippen LogP contribution in [0, 0.1) is 16.0 Å². The lowest BCUT2D eigenvalue weighted by atomic mass is 9.98. The number of methoxy groups -OCH3 is 1. The summed E-state index contributed by atoms with van der Waals surface area (Å²) in [5.41, 5.74) is 1.03. The van der Waals surface area contributed by atoms with Crippen LogP contribution >= 0.6 is 0 Å². The van der Waals surface area contributed by atoms with Crippen molar-refractivity contribution in [3.8, 4) is 5.75 Å². The summed E-state index contributed by atoms with van der Waals surface area (Å²) in [4.78, 5) is 10.5. The fourth-order valence-corrected chi connectivity index (χ4v) is 2.25. The van der Waals surface area contributed by atoms with E-state index in [2.05, 4.69) is 19.2 Å². The van der Waals surface area contributed by atoms with Gasteiger partial charge in [0.05, 0.1) is 18.1 Å². The molecule has 0 amide bonds. The molecule has 0 atom stereocenters. The molecule has 0 bridgehead atoms. The Hall–Kier alpha value is -1.62. The number of rotatable bonds is 6. The van der Waals surface area contributed by atoms with Gasteiger partial charge >= 0.3 is 0 Å². The second-order valence-corrected chi connectivity index (χ2v) is 5.65. The number of hydrogen-bond acceptors (Lipinski definition) is 4. The van der Waals surface area contributed by atoms with E-state index in [4.69, 9.17) is 4.74 Å². The standard InChI is InChI=1S/C14H20N2O3/c1-14(2,11-4-5-11)15-9-10-6-12(16(17)18)8-13(7-10)19-3/h6-8,11,15H,4-5,9H2,1-3H3. The normalized spacial score (nSPS) is 15.3. The lowest BCUT2D eigenvalue weighted by Gasteiger charge is -2.26. The van der Waals surface area contributed by atoms with Gasteiger partial charge in [0, 0.05) is 18.2 Å². The Morgan fingerprint density at radius 2 is 2.11 bits per heavy atom.